The van der Waals surface area contributed by atoms with Gasteiger partial charge in [-0.15, -0.1) is 0 Å². The molecule has 0 bridgehead atoms. The SMILES string of the molecule is COC(C)CNc1cnn(CC(C)C)c(=O)c1Br. The summed E-state index contributed by atoms with van der Waals surface area (Å²) in [5.41, 5.74) is 0.586. The summed E-state index contributed by atoms with van der Waals surface area (Å²) >= 11 is 3.32. The van der Waals surface area contributed by atoms with E-state index in [9.17, 15) is 4.79 Å². The van der Waals surface area contributed by atoms with Gasteiger partial charge in [-0.3, -0.25) is 4.79 Å². The number of nitrogens with zero attached hydrogens (tertiary/aromatic N) is 2. The molecule has 0 radical (unpaired) electrons. The first kappa shape index (κ1) is 15.2. The second kappa shape index (κ2) is 6.89. The van der Waals surface area contributed by atoms with E-state index in [1.165, 1.54) is 4.68 Å². The van der Waals surface area contributed by atoms with Crippen LogP contribution in [-0.4, -0.2) is 29.5 Å². The molecule has 1 aromatic heterocycles. The normalized spacial score (nSPS) is 12.8. The van der Waals surface area contributed by atoms with E-state index in [2.05, 4.69) is 40.2 Å². The second-order valence-corrected chi connectivity index (χ2v) is 5.47. The zero-order valence-electron chi connectivity index (χ0n) is 11.2. The van der Waals surface area contributed by atoms with Crippen molar-refractivity contribution in [3.8, 4) is 0 Å². The molecule has 0 aromatic carbocycles. The van der Waals surface area contributed by atoms with Gasteiger partial charge in [0.05, 0.1) is 18.0 Å². The van der Waals surface area contributed by atoms with Gasteiger partial charge in [-0.1, -0.05) is 13.8 Å². The Balaban J connectivity index is 2.84. The Kier molecular flexibility index (Phi) is 5.81. The first-order valence-electron chi connectivity index (χ1n) is 5.98. The Hall–Kier alpha value is -0.880. The van der Waals surface area contributed by atoms with Gasteiger partial charge < -0.3 is 10.1 Å². The molecule has 0 fully saturated rings. The molecule has 1 N–H and O–H groups in total. The fourth-order valence-corrected chi connectivity index (χ4v) is 1.85. The summed E-state index contributed by atoms with van der Waals surface area (Å²) in [5, 5.41) is 7.29. The van der Waals surface area contributed by atoms with Gasteiger partial charge in [-0.2, -0.15) is 5.10 Å². The van der Waals surface area contributed by atoms with Crippen LogP contribution >= 0.6 is 15.9 Å². The quantitative estimate of drug-likeness (QED) is 0.873. The fourth-order valence-electron chi connectivity index (χ4n) is 1.40. The van der Waals surface area contributed by atoms with Gasteiger partial charge in [0, 0.05) is 20.2 Å². The molecule has 1 aromatic rings. The van der Waals surface area contributed by atoms with Crippen LogP contribution in [0.15, 0.2) is 15.5 Å². The maximum Gasteiger partial charge on any atom is 0.283 e. The van der Waals surface area contributed by atoms with Crippen molar-refractivity contribution in [1.29, 1.82) is 0 Å². The molecule has 0 aliphatic heterocycles. The number of nitrogens with one attached hydrogen (secondary N) is 1. The molecule has 0 spiro atoms. The van der Waals surface area contributed by atoms with Crippen molar-refractivity contribution >= 4 is 21.6 Å². The molecular formula is C12H20BrN3O2. The fraction of sp³-hybridized carbons (Fsp3) is 0.667. The Morgan fingerprint density at radius 1 is 1.50 bits per heavy atom. The number of ether oxygens (including phenoxy) is 1. The highest BCUT2D eigenvalue weighted by Gasteiger charge is 2.10. The van der Waals surface area contributed by atoms with Gasteiger partial charge in [0.1, 0.15) is 4.47 Å². The van der Waals surface area contributed by atoms with Crippen LogP contribution in [0.25, 0.3) is 0 Å². The lowest BCUT2D eigenvalue weighted by atomic mass is 10.2. The molecule has 0 amide bonds. The van der Waals surface area contributed by atoms with Crippen molar-refractivity contribution < 1.29 is 4.74 Å². The van der Waals surface area contributed by atoms with Crippen molar-refractivity contribution in [2.24, 2.45) is 5.92 Å². The number of methoxy groups -OCH3 is 1. The summed E-state index contributed by atoms with van der Waals surface area (Å²) in [5.74, 6) is 0.384. The van der Waals surface area contributed by atoms with E-state index in [1.54, 1.807) is 13.3 Å². The van der Waals surface area contributed by atoms with E-state index in [0.29, 0.717) is 29.2 Å². The highest BCUT2D eigenvalue weighted by molar-refractivity contribution is 9.10. The van der Waals surface area contributed by atoms with Crippen molar-refractivity contribution in [1.82, 2.24) is 9.78 Å². The zero-order chi connectivity index (χ0) is 13.7. The third-order valence-electron chi connectivity index (χ3n) is 2.51. The van der Waals surface area contributed by atoms with Gasteiger partial charge in [-0.25, -0.2) is 4.68 Å². The maximum atomic E-state index is 12.0. The number of hydrogen-bond acceptors (Lipinski definition) is 4. The van der Waals surface area contributed by atoms with Crippen LogP contribution in [0.2, 0.25) is 0 Å². The highest BCUT2D eigenvalue weighted by Crippen LogP contribution is 2.16. The first-order valence-corrected chi connectivity index (χ1v) is 6.77. The zero-order valence-corrected chi connectivity index (χ0v) is 12.8. The minimum Gasteiger partial charge on any atom is -0.380 e. The van der Waals surface area contributed by atoms with Crippen LogP contribution in [0.4, 0.5) is 5.69 Å². The molecule has 0 saturated heterocycles. The van der Waals surface area contributed by atoms with Gasteiger partial charge in [0.25, 0.3) is 5.56 Å². The predicted molar refractivity (Wildman–Crippen MR) is 76.0 cm³/mol. The van der Waals surface area contributed by atoms with Crippen molar-refractivity contribution in [2.75, 3.05) is 19.0 Å². The van der Waals surface area contributed by atoms with E-state index in [4.69, 9.17) is 4.74 Å². The molecular weight excluding hydrogens is 298 g/mol. The predicted octanol–water partition coefficient (Wildman–Crippen LogP) is 2.11. The van der Waals surface area contributed by atoms with E-state index < -0.39 is 0 Å². The van der Waals surface area contributed by atoms with Gasteiger partial charge in [0.2, 0.25) is 0 Å². The van der Waals surface area contributed by atoms with E-state index in [-0.39, 0.29) is 11.7 Å². The smallest absolute Gasteiger partial charge is 0.283 e. The lowest BCUT2D eigenvalue weighted by Crippen LogP contribution is -2.27. The van der Waals surface area contributed by atoms with Crippen molar-refractivity contribution in [2.45, 2.75) is 33.4 Å². The van der Waals surface area contributed by atoms with Crippen molar-refractivity contribution in [3.05, 3.63) is 21.0 Å². The average molecular weight is 318 g/mol. The summed E-state index contributed by atoms with van der Waals surface area (Å²) in [7, 11) is 1.65. The van der Waals surface area contributed by atoms with Gasteiger partial charge in [0.15, 0.2) is 0 Å². The van der Waals surface area contributed by atoms with Crippen LogP contribution < -0.4 is 10.9 Å². The molecule has 1 unspecified atom stereocenters. The Bertz CT molecular complexity index is 445. The van der Waals surface area contributed by atoms with Gasteiger partial charge in [-0.05, 0) is 28.8 Å². The average Bonchev–Trinajstić information content (AvgIpc) is 2.33. The minimum atomic E-state index is -0.112. The number of aromatic nitrogens is 2. The number of rotatable bonds is 6. The second-order valence-electron chi connectivity index (χ2n) is 4.68. The Morgan fingerprint density at radius 3 is 2.72 bits per heavy atom. The van der Waals surface area contributed by atoms with E-state index >= 15 is 0 Å². The third-order valence-corrected chi connectivity index (χ3v) is 3.27. The number of hydrogen-bond donors (Lipinski definition) is 1. The summed E-state index contributed by atoms with van der Waals surface area (Å²) in [6.45, 7) is 7.30. The summed E-state index contributed by atoms with van der Waals surface area (Å²) in [6.07, 6.45) is 1.74. The van der Waals surface area contributed by atoms with Crippen LogP contribution in [0.3, 0.4) is 0 Å². The summed E-state index contributed by atoms with van der Waals surface area (Å²) in [4.78, 5) is 12.0. The molecule has 0 aliphatic rings. The third kappa shape index (κ3) is 4.10. The van der Waals surface area contributed by atoms with E-state index in [1.807, 2.05) is 6.92 Å². The molecule has 1 atom stereocenters. The van der Waals surface area contributed by atoms with E-state index in [0.717, 1.165) is 0 Å². The highest BCUT2D eigenvalue weighted by atomic mass is 79.9. The minimum absolute atomic E-state index is 0.0787. The molecule has 0 saturated carbocycles. The van der Waals surface area contributed by atoms with Crippen LogP contribution in [-0.2, 0) is 11.3 Å². The summed E-state index contributed by atoms with van der Waals surface area (Å²) < 4.78 is 7.12. The number of halogens is 1. The Labute approximate surface area is 116 Å². The molecule has 5 nitrogen and oxygen atoms in total. The number of anilines is 1. The Morgan fingerprint density at radius 2 is 2.17 bits per heavy atom. The molecule has 18 heavy (non-hydrogen) atoms. The van der Waals surface area contributed by atoms with Crippen LogP contribution in [0, 0.1) is 5.92 Å². The molecule has 0 aliphatic carbocycles. The maximum absolute atomic E-state index is 12.0. The molecule has 1 rings (SSSR count). The molecule has 1 heterocycles. The monoisotopic (exact) mass is 317 g/mol. The van der Waals surface area contributed by atoms with Gasteiger partial charge >= 0.3 is 0 Å². The molecule has 102 valence electrons. The van der Waals surface area contributed by atoms with Crippen LogP contribution in [0.5, 0.6) is 0 Å². The topological polar surface area (TPSA) is 56.1 Å². The van der Waals surface area contributed by atoms with Crippen LogP contribution in [0.1, 0.15) is 20.8 Å². The largest absolute Gasteiger partial charge is 0.380 e. The first-order chi connectivity index (χ1) is 8.45. The lowest BCUT2D eigenvalue weighted by Gasteiger charge is -2.14. The molecule has 6 heteroatoms. The van der Waals surface area contributed by atoms with Crippen molar-refractivity contribution in [3.63, 3.8) is 0 Å². The standard InChI is InChI=1S/C12H20BrN3O2/c1-8(2)7-16-12(17)11(13)10(6-15-16)14-5-9(3)18-4/h6,8-9,14H,5,7H2,1-4H3. The summed E-state index contributed by atoms with van der Waals surface area (Å²) in [6, 6.07) is 0. The lowest BCUT2D eigenvalue weighted by molar-refractivity contribution is 0.129.